The number of aryl methyl sites for hydroxylation is 2. The molecule has 0 unspecified atom stereocenters. The van der Waals surface area contributed by atoms with Crippen LogP contribution in [0.25, 0.3) is 22.2 Å². The van der Waals surface area contributed by atoms with Gasteiger partial charge in [0.15, 0.2) is 5.13 Å². The zero-order valence-electron chi connectivity index (χ0n) is 15.5. The maximum atomic E-state index is 12.6. The summed E-state index contributed by atoms with van der Waals surface area (Å²) in [7, 11) is 0. The molecule has 0 saturated carbocycles. The zero-order valence-corrected chi connectivity index (χ0v) is 16.3. The maximum Gasteiger partial charge on any atom is 0.261 e. The summed E-state index contributed by atoms with van der Waals surface area (Å²) in [6.07, 6.45) is 1.40. The number of aromatic nitrogens is 3. The standard InChI is InChI=1S/C21H18N4O2S/c1-13-3-6-15(7-4-13)18-11-28-21(23-18)24-19(26)10-25-12-22-17-8-5-14(2)9-16(17)20(25)27/h3-9,11-12H,10H2,1-2H3,(H,23,24,26). The van der Waals surface area contributed by atoms with E-state index in [2.05, 4.69) is 15.3 Å². The second-order valence-electron chi connectivity index (χ2n) is 6.65. The van der Waals surface area contributed by atoms with Crippen molar-refractivity contribution in [3.05, 3.63) is 75.7 Å². The van der Waals surface area contributed by atoms with Gasteiger partial charge in [-0.15, -0.1) is 11.3 Å². The highest BCUT2D eigenvalue weighted by molar-refractivity contribution is 7.14. The number of nitrogens with zero attached hydrogens (tertiary/aromatic N) is 3. The lowest BCUT2D eigenvalue weighted by molar-refractivity contribution is -0.116. The fraction of sp³-hybridized carbons (Fsp3) is 0.143. The van der Waals surface area contributed by atoms with E-state index in [9.17, 15) is 9.59 Å². The fourth-order valence-electron chi connectivity index (χ4n) is 2.89. The Balaban J connectivity index is 1.51. The molecule has 0 atom stereocenters. The first-order valence-electron chi connectivity index (χ1n) is 8.78. The molecule has 28 heavy (non-hydrogen) atoms. The number of amides is 1. The number of hydrogen-bond donors (Lipinski definition) is 1. The first-order valence-corrected chi connectivity index (χ1v) is 9.66. The van der Waals surface area contributed by atoms with Gasteiger partial charge >= 0.3 is 0 Å². The molecule has 7 heteroatoms. The molecule has 2 heterocycles. The van der Waals surface area contributed by atoms with Crippen molar-refractivity contribution >= 4 is 33.3 Å². The predicted octanol–water partition coefficient (Wildman–Crippen LogP) is 3.78. The van der Waals surface area contributed by atoms with Crippen LogP contribution in [0.15, 0.2) is 59.0 Å². The molecule has 1 N–H and O–H groups in total. The molecule has 0 aliphatic heterocycles. The molecular formula is C21H18N4O2S. The number of rotatable bonds is 4. The molecule has 0 aliphatic rings. The van der Waals surface area contributed by atoms with Gasteiger partial charge in [0, 0.05) is 10.9 Å². The smallest absolute Gasteiger partial charge is 0.261 e. The van der Waals surface area contributed by atoms with E-state index in [-0.39, 0.29) is 18.0 Å². The van der Waals surface area contributed by atoms with Crippen molar-refractivity contribution in [3.8, 4) is 11.3 Å². The van der Waals surface area contributed by atoms with E-state index < -0.39 is 0 Å². The number of anilines is 1. The molecule has 2 aromatic heterocycles. The van der Waals surface area contributed by atoms with Crippen molar-refractivity contribution < 1.29 is 4.79 Å². The summed E-state index contributed by atoms with van der Waals surface area (Å²) in [6.45, 7) is 3.83. The summed E-state index contributed by atoms with van der Waals surface area (Å²) in [5, 5.41) is 5.66. The van der Waals surface area contributed by atoms with Gasteiger partial charge in [-0.05, 0) is 26.0 Å². The minimum Gasteiger partial charge on any atom is -0.300 e. The number of carbonyl (C=O) groups is 1. The molecule has 2 aromatic carbocycles. The summed E-state index contributed by atoms with van der Waals surface area (Å²) >= 11 is 1.35. The van der Waals surface area contributed by atoms with Crippen LogP contribution in [0.1, 0.15) is 11.1 Å². The Hall–Kier alpha value is -3.32. The van der Waals surface area contributed by atoms with Gasteiger partial charge in [-0.1, -0.05) is 41.5 Å². The SMILES string of the molecule is Cc1ccc(-c2csc(NC(=O)Cn3cnc4ccc(C)cc4c3=O)n2)cc1. The predicted molar refractivity (Wildman–Crippen MR) is 112 cm³/mol. The average Bonchev–Trinajstić information content (AvgIpc) is 3.13. The van der Waals surface area contributed by atoms with E-state index in [4.69, 9.17) is 0 Å². The van der Waals surface area contributed by atoms with Gasteiger partial charge in [-0.25, -0.2) is 9.97 Å². The van der Waals surface area contributed by atoms with Crippen LogP contribution in [0, 0.1) is 13.8 Å². The van der Waals surface area contributed by atoms with Crippen LogP contribution in [0.2, 0.25) is 0 Å². The molecule has 1 amide bonds. The van der Waals surface area contributed by atoms with E-state index in [1.54, 1.807) is 12.1 Å². The van der Waals surface area contributed by atoms with Gasteiger partial charge in [0.25, 0.3) is 5.56 Å². The third kappa shape index (κ3) is 3.70. The first-order chi connectivity index (χ1) is 13.5. The van der Waals surface area contributed by atoms with Gasteiger partial charge in [0.2, 0.25) is 5.91 Å². The van der Waals surface area contributed by atoms with E-state index >= 15 is 0 Å². The molecule has 4 aromatic rings. The van der Waals surface area contributed by atoms with Crippen molar-refractivity contribution in [2.45, 2.75) is 20.4 Å². The Morgan fingerprint density at radius 3 is 2.64 bits per heavy atom. The van der Waals surface area contributed by atoms with E-state index in [1.165, 1.54) is 27.8 Å². The minimum atomic E-state index is -0.319. The molecule has 0 spiro atoms. The van der Waals surface area contributed by atoms with E-state index in [0.29, 0.717) is 16.0 Å². The molecule has 0 aliphatic carbocycles. The Labute approximate surface area is 165 Å². The highest BCUT2D eigenvalue weighted by Gasteiger charge is 2.11. The summed E-state index contributed by atoms with van der Waals surface area (Å²) in [6, 6.07) is 13.5. The molecule has 140 valence electrons. The van der Waals surface area contributed by atoms with Crippen molar-refractivity contribution in [1.29, 1.82) is 0 Å². The van der Waals surface area contributed by atoms with Gasteiger partial charge in [0.05, 0.1) is 22.9 Å². The second-order valence-corrected chi connectivity index (χ2v) is 7.51. The molecule has 0 fully saturated rings. The lowest BCUT2D eigenvalue weighted by Crippen LogP contribution is -2.27. The van der Waals surface area contributed by atoms with Gasteiger partial charge in [-0.2, -0.15) is 0 Å². The maximum absolute atomic E-state index is 12.6. The molecule has 0 radical (unpaired) electrons. The van der Waals surface area contributed by atoms with Crippen LogP contribution < -0.4 is 10.9 Å². The van der Waals surface area contributed by atoms with Crippen LogP contribution in [0.5, 0.6) is 0 Å². The largest absolute Gasteiger partial charge is 0.300 e. The van der Waals surface area contributed by atoms with Crippen LogP contribution >= 0.6 is 11.3 Å². The minimum absolute atomic E-state index is 0.116. The Morgan fingerprint density at radius 2 is 1.86 bits per heavy atom. The normalized spacial score (nSPS) is 10.9. The lowest BCUT2D eigenvalue weighted by Gasteiger charge is -2.07. The van der Waals surface area contributed by atoms with Crippen LogP contribution in [0.3, 0.4) is 0 Å². The molecule has 0 saturated heterocycles. The fourth-order valence-corrected chi connectivity index (χ4v) is 3.62. The number of thiazole rings is 1. The van der Waals surface area contributed by atoms with Gasteiger partial charge in [-0.3, -0.25) is 14.2 Å². The summed E-state index contributed by atoms with van der Waals surface area (Å²) in [5.41, 5.74) is 4.34. The van der Waals surface area contributed by atoms with Crippen molar-refractivity contribution in [2.24, 2.45) is 0 Å². The number of carbonyl (C=O) groups excluding carboxylic acids is 1. The summed E-state index contributed by atoms with van der Waals surface area (Å²) in [4.78, 5) is 33.7. The van der Waals surface area contributed by atoms with Crippen LogP contribution in [0.4, 0.5) is 5.13 Å². The average molecular weight is 390 g/mol. The van der Waals surface area contributed by atoms with Crippen molar-refractivity contribution in [1.82, 2.24) is 14.5 Å². The van der Waals surface area contributed by atoms with Crippen molar-refractivity contribution in [3.63, 3.8) is 0 Å². The molecule has 4 rings (SSSR count). The topological polar surface area (TPSA) is 76.9 Å². The first kappa shape index (κ1) is 18.1. The summed E-state index contributed by atoms with van der Waals surface area (Å²) < 4.78 is 1.31. The number of fused-ring (bicyclic) bond motifs is 1. The second kappa shape index (κ2) is 7.36. The highest BCUT2D eigenvalue weighted by Crippen LogP contribution is 2.25. The quantitative estimate of drug-likeness (QED) is 0.575. The van der Waals surface area contributed by atoms with Gasteiger partial charge in [0.1, 0.15) is 6.54 Å². The molecule has 0 bridgehead atoms. The zero-order chi connectivity index (χ0) is 19.7. The number of nitrogens with one attached hydrogen (secondary N) is 1. The highest BCUT2D eigenvalue weighted by atomic mass is 32.1. The monoisotopic (exact) mass is 390 g/mol. The molecule has 6 nitrogen and oxygen atoms in total. The summed E-state index contributed by atoms with van der Waals surface area (Å²) in [5.74, 6) is -0.319. The van der Waals surface area contributed by atoms with E-state index in [1.807, 2.05) is 49.6 Å². The van der Waals surface area contributed by atoms with Crippen LogP contribution in [-0.4, -0.2) is 20.4 Å². The third-order valence-electron chi connectivity index (χ3n) is 4.39. The third-order valence-corrected chi connectivity index (χ3v) is 5.15. The lowest BCUT2D eigenvalue weighted by atomic mass is 10.1. The Morgan fingerprint density at radius 1 is 1.11 bits per heavy atom. The Bertz CT molecular complexity index is 1230. The number of hydrogen-bond acceptors (Lipinski definition) is 5. The van der Waals surface area contributed by atoms with E-state index in [0.717, 1.165) is 16.8 Å². The van der Waals surface area contributed by atoms with Crippen LogP contribution in [-0.2, 0) is 11.3 Å². The Kier molecular flexibility index (Phi) is 4.75. The van der Waals surface area contributed by atoms with Crippen molar-refractivity contribution in [2.75, 3.05) is 5.32 Å². The van der Waals surface area contributed by atoms with Gasteiger partial charge < -0.3 is 5.32 Å². The number of benzene rings is 2. The molecular weight excluding hydrogens is 372 g/mol.